The van der Waals surface area contributed by atoms with E-state index < -0.39 is 0 Å². The summed E-state index contributed by atoms with van der Waals surface area (Å²) in [6.45, 7) is 0. The molecule has 0 fully saturated rings. The minimum absolute atomic E-state index is 0. The molecule has 0 aliphatic carbocycles. The third-order valence-electron chi connectivity index (χ3n) is 2.15. The molecule has 0 aliphatic heterocycles. The second-order valence-electron chi connectivity index (χ2n) is 3.38. The molecular formula is C14H13CoN2O4. The normalized spacial score (nSPS) is 7.90. The Morgan fingerprint density at radius 2 is 1.00 bits per heavy atom. The number of hydrogen-bond acceptors (Lipinski definition) is 3. The first kappa shape index (κ1) is 21.1. The monoisotopic (exact) mass is 332 g/mol. The molecule has 0 spiro atoms. The van der Waals surface area contributed by atoms with Gasteiger partial charge in [0, 0.05) is 0 Å². The van der Waals surface area contributed by atoms with Crippen LogP contribution >= 0.6 is 0 Å². The predicted octanol–water partition coefficient (Wildman–Crippen LogP) is 2.65. The molecule has 3 N–H and O–H groups in total. The molecule has 0 aliphatic rings. The first-order valence-corrected chi connectivity index (χ1v) is 5.38. The van der Waals surface area contributed by atoms with E-state index in [-0.39, 0.29) is 28.3 Å². The van der Waals surface area contributed by atoms with Crippen LogP contribution in [0.25, 0.3) is 10.8 Å². The van der Waals surface area contributed by atoms with Gasteiger partial charge >= 0.3 is 16.8 Å². The molecule has 0 aromatic heterocycles. The first-order chi connectivity index (χ1) is 9.69. The van der Waals surface area contributed by atoms with Gasteiger partial charge in [-0.1, -0.05) is 36.4 Å². The molecule has 112 valence electrons. The Kier molecular flexibility index (Phi) is 12.9. The van der Waals surface area contributed by atoms with Gasteiger partial charge in [0.05, 0.1) is 0 Å². The smallest absolute Gasteiger partial charge is 0.810 e. The van der Waals surface area contributed by atoms with Crippen molar-refractivity contribution in [3.05, 3.63) is 70.5 Å². The number of phenols is 2. The molecule has 0 saturated carbocycles. The van der Waals surface area contributed by atoms with Crippen molar-refractivity contribution in [1.82, 2.24) is 0 Å². The summed E-state index contributed by atoms with van der Waals surface area (Å²) in [4.78, 5) is 0. The van der Waals surface area contributed by atoms with Crippen LogP contribution in [0, 0.1) is 0 Å². The number of rotatable bonds is 2. The zero-order chi connectivity index (χ0) is 15.4. The zero-order valence-corrected chi connectivity index (χ0v) is 11.8. The maximum absolute atomic E-state index is 8.92. The van der Waals surface area contributed by atoms with Crippen LogP contribution in [0.4, 0.5) is 0 Å². The maximum atomic E-state index is 8.92. The average Bonchev–Trinajstić information content (AvgIpc) is 2.51. The molecular weight excluding hydrogens is 319 g/mol. The molecule has 0 saturated heterocycles. The molecule has 2 radical (unpaired) electrons. The van der Waals surface area contributed by atoms with E-state index in [1.165, 1.54) is 12.1 Å². The summed E-state index contributed by atoms with van der Waals surface area (Å²) >= 11 is 0. The summed E-state index contributed by atoms with van der Waals surface area (Å²) in [6.07, 6.45) is 1.74. The molecule has 7 heteroatoms. The Morgan fingerprint density at radius 1 is 0.714 bits per heavy atom. The number of phenolic OH excluding ortho intramolecular Hbond substituents is 2. The van der Waals surface area contributed by atoms with E-state index in [4.69, 9.17) is 31.5 Å². The predicted molar refractivity (Wildman–Crippen MR) is 76.6 cm³/mol. The molecule has 0 amide bonds. The van der Waals surface area contributed by atoms with Crippen LogP contribution < -0.4 is 0 Å². The number of para-hydroxylation sites is 2. The van der Waals surface area contributed by atoms with E-state index >= 15 is 0 Å². The van der Waals surface area contributed by atoms with Crippen molar-refractivity contribution < 1.29 is 37.5 Å². The van der Waals surface area contributed by atoms with Crippen LogP contribution in [0.5, 0.6) is 11.5 Å². The van der Waals surface area contributed by atoms with Crippen LogP contribution in [0.2, 0.25) is 0 Å². The molecule has 0 heterocycles. The van der Waals surface area contributed by atoms with Gasteiger partial charge in [0.2, 0.25) is 0 Å². The Morgan fingerprint density at radius 3 is 1.19 bits per heavy atom. The van der Waals surface area contributed by atoms with Crippen molar-refractivity contribution in [2.45, 2.75) is 0 Å². The van der Waals surface area contributed by atoms with Gasteiger partial charge in [0.25, 0.3) is 0 Å². The van der Waals surface area contributed by atoms with Crippen molar-refractivity contribution in [2.75, 3.05) is 0 Å². The second kappa shape index (κ2) is 12.8. The topological polar surface area (TPSA) is 125 Å². The first-order valence-electron chi connectivity index (χ1n) is 5.38. The van der Waals surface area contributed by atoms with Gasteiger partial charge in [-0.25, -0.2) is 5.26 Å². The third-order valence-corrected chi connectivity index (χ3v) is 2.15. The fourth-order valence-electron chi connectivity index (χ4n) is 1.19. The van der Waals surface area contributed by atoms with Gasteiger partial charge in [-0.2, -0.15) is 12.4 Å². The molecule has 6 nitrogen and oxygen atoms in total. The van der Waals surface area contributed by atoms with Gasteiger partial charge in [0.15, 0.2) is 0 Å². The van der Waals surface area contributed by atoms with Crippen LogP contribution in [-0.4, -0.2) is 27.9 Å². The molecule has 0 atom stereocenters. The minimum Gasteiger partial charge on any atom is -0.810 e. The Labute approximate surface area is 132 Å². The van der Waals surface area contributed by atoms with Crippen LogP contribution in [-0.2, 0) is 22.0 Å². The average molecular weight is 332 g/mol. The molecule has 2 aromatic carbocycles. The van der Waals surface area contributed by atoms with Crippen LogP contribution in [0.15, 0.2) is 48.5 Å². The van der Waals surface area contributed by atoms with E-state index in [0.717, 1.165) is 12.4 Å². The third kappa shape index (κ3) is 7.85. The maximum Gasteiger partial charge on any atom is 2.00 e. The molecule has 21 heavy (non-hydrogen) atoms. The van der Waals surface area contributed by atoms with Crippen molar-refractivity contribution in [2.24, 2.45) is 0 Å². The van der Waals surface area contributed by atoms with Gasteiger partial charge in [-0.3, -0.25) is 0 Å². The summed E-state index contributed by atoms with van der Waals surface area (Å²) in [6, 6.07) is 13.1. The van der Waals surface area contributed by atoms with E-state index in [9.17, 15) is 0 Å². The fourth-order valence-corrected chi connectivity index (χ4v) is 1.19. The zero-order valence-electron chi connectivity index (χ0n) is 10.8. The van der Waals surface area contributed by atoms with Crippen molar-refractivity contribution in [3.8, 4) is 11.5 Å². The second-order valence-corrected chi connectivity index (χ2v) is 3.38. The molecule has 0 bridgehead atoms. The number of aromatic hydroxyl groups is 2. The van der Waals surface area contributed by atoms with Gasteiger partial charge in [-0.15, -0.1) is 0 Å². The van der Waals surface area contributed by atoms with Gasteiger partial charge in [-0.05, 0) is 28.5 Å². The standard InChI is InChI=1S/2C7H6NO.Co.HO2/c2*8-5-6-3-1-2-4-7(6)9;;1-2/h2*1-5,9H;;1H/q2*-1;+2;. The minimum atomic E-state index is 0. The largest absolute Gasteiger partial charge is 2.00 e. The van der Waals surface area contributed by atoms with E-state index in [0.29, 0.717) is 11.1 Å². The molecule has 0 unspecified atom stereocenters. The summed E-state index contributed by atoms with van der Waals surface area (Å²) in [7, 11) is 0. The van der Waals surface area contributed by atoms with Crippen LogP contribution in [0.1, 0.15) is 11.1 Å². The Balaban J connectivity index is 0. The van der Waals surface area contributed by atoms with E-state index in [1.54, 1.807) is 36.4 Å². The summed E-state index contributed by atoms with van der Waals surface area (Å²) in [5.74, 6) is 0.194. The Bertz CT molecular complexity index is 501. The number of benzene rings is 2. The summed E-state index contributed by atoms with van der Waals surface area (Å²) < 4.78 is 0. The van der Waals surface area contributed by atoms with Gasteiger partial charge in [0.1, 0.15) is 11.5 Å². The van der Waals surface area contributed by atoms with E-state index in [2.05, 4.69) is 0 Å². The van der Waals surface area contributed by atoms with Crippen molar-refractivity contribution in [3.63, 3.8) is 0 Å². The number of nitrogens with zero attached hydrogens (tertiary/aromatic N) is 2. The van der Waals surface area contributed by atoms with Crippen molar-refractivity contribution in [1.29, 1.82) is 0 Å². The molecule has 2 rings (SSSR count). The summed E-state index contributed by atoms with van der Waals surface area (Å²) in [5, 5.41) is 47.7. The van der Waals surface area contributed by atoms with Crippen molar-refractivity contribution >= 4 is 12.4 Å². The SMILES string of the molecule is [Co+2].[N-]=Cc1ccccc1O.[N-]=Cc1ccccc1O.[O]O. The Hall–Kier alpha value is -2.19. The van der Waals surface area contributed by atoms with Gasteiger partial charge < -0.3 is 21.0 Å². The summed E-state index contributed by atoms with van der Waals surface area (Å²) in [5.41, 5.74) is 0.884. The molecule has 2 aromatic rings. The van der Waals surface area contributed by atoms with E-state index in [1.807, 2.05) is 0 Å². The quantitative estimate of drug-likeness (QED) is 0.444. The number of hydrogen-bond donors (Lipinski definition) is 3. The fraction of sp³-hybridized carbons (Fsp3) is 0. The van der Waals surface area contributed by atoms with Crippen LogP contribution in [0.3, 0.4) is 0 Å².